The largest absolute Gasteiger partial charge is 0.380 e. The zero-order valence-electron chi connectivity index (χ0n) is 13.7. The van der Waals surface area contributed by atoms with Gasteiger partial charge in [-0.25, -0.2) is 0 Å². The molecule has 2 amide bonds. The number of halogens is 1. The second kappa shape index (κ2) is 8.03. The fourth-order valence-electron chi connectivity index (χ4n) is 2.39. The molecule has 0 heterocycles. The molecule has 0 atom stereocenters. The Balaban J connectivity index is 1.50. The molecule has 0 unspecified atom stereocenters. The van der Waals surface area contributed by atoms with Crippen LogP contribution in [0.5, 0.6) is 0 Å². The lowest BCUT2D eigenvalue weighted by molar-refractivity contribution is -0.125. The molecule has 1 saturated carbocycles. The van der Waals surface area contributed by atoms with E-state index >= 15 is 0 Å². The summed E-state index contributed by atoms with van der Waals surface area (Å²) in [5.74, 6) is -0.221. The molecule has 0 saturated heterocycles. The molecule has 3 rings (SSSR count). The molecule has 0 aromatic heterocycles. The molecular formula is C19H20ClN3O2. The van der Waals surface area contributed by atoms with Crippen molar-refractivity contribution in [2.45, 2.75) is 19.4 Å². The van der Waals surface area contributed by atoms with Crippen molar-refractivity contribution in [1.82, 2.24) is 5.32 Å². The van der Waals surface area contributed by atoms with Crippen LogP contribution in [-0.4, -0.2) is 18.4 Å². The first-order valence-corrected chi connectivity index (χ1v) is 8.64. The number of rotatable bonds is 7. The van der Waals surface area contributed by atoms with Gasteiger partial charge in [0.15, 0.2) is 0 Å². The molecule has 0 aliphatic heterocycles. The molecule has 25 heavy (non-hydrogen) atoms. The van der Waals surface area contributed by atoms with Crippen LogP contribution in [0.4, 0.5) is 11.4 Å². The van der Waals surface area contributed by atoms with E-state index in [9.17, 15) is 9.59 Å². The maximum atomic E-state index is 11.9. The van der Waals surface area contributed by atoms with Crippen LogP contribution >= 0.6 is 11.6 Å². The SMILES string of the molecule is O=C(CNC(=O)C1CC1)Nc1ccc(NCc2ccccc2)c(Cl)c1. The van der Waals surface area contributed by atoms with Gasteiger partial charge in [-0.1, -0.05) is 41.9 Å². The van der Waals surface area contributed by atoms with E-state index < -0.39 is 0 Å². The predicted octanol–water partition coefficient (Wildman–Crippen LogP) is 3.42. The van der Waals surface area contributed by atoms with Crippen molar-refractivity contribution in [2.24, 2.45) is 5.92 Å². The Morgan fingerprint density at radius 2 is 1.84 bits per heavy atom. The maximum Gasteiger partial charge on any atom is 0.243 e. The molecule has 0 radical (unpaired) electrons. The van der Waals surface area contributed by atoms with E-state index in [-0.39, 0.29) is 24.3 Å². The Hall–Kier alpha value is -2.53. The second-order valence-corrected chi connectivity index (χ2v) is 6.48. The van der Waals surface area contributed by atoms with E-state index in [2.05, 4.69) is 16.0 Å². The summed E-state index contributed by atoms with van der Waals surface area (Å²) in [5, 5.41) is 9.16. The van der Waals surface area contributed by atoms with Crippen LogP contribution in [0.2, 0.25) is 5.02 Å². The number of amides is 2. The van der Waals surface area contributed by atoms with E-state index in [1.807, 2.05) is 36.4 Å². The lowest BCUT2D eigenvalue weighted by Gasteiger charge is -2.11. The topological polar surface area (TPSA) is 70.2 Å². The summed E-state index contributed by atoms with van der Waals surface area (Å²) >= 11 is 6.27. The van der Waals surface area contributed by atoms with Crippen LogP contribution in [0.15, 0.2) is 48.5 Å². The molecule has 130 valence electrons. The maximum absolute atomic E-state index is 11.9. The third-order valence-corrected chi connectivity index (χ3v) is 4.26. The summed E-state index contributed by atoms with van der Waals surface area (Å²) in [4.78, 5) is 23.4. The molecule has 0 bridgehead atoms. The Labute approximate surface area is 151 Å². The number of benzene rings is 2. The van der Waals surface area contributed by atoms with Gasteiger partial charge in [-0.3, -0.25) is 9.59 Å². The second-order valence-electron chi connectivity index (χ2n) is 6.07. The molecule has 1 aliphatic carbocycles. The predicted molar refractivity (Wildman–Crippen MR) is 99.6 cm³/mol. The van der Waals surface area contributed by atoms with Crippen molar-refractivity contribution in [3.8, 4) is 0 Å². The third-order valence-electron chi connectivity index (χ3n) is 3.95. The van der Waals surface area contributed by atoms with Crippen molar-refractivity contribution in [3.05, 3.63) is 59.1 Å². The van der Waals surface area contributed by atoms with E-state index in [0.717, 1.165) is 24.1 Å². The number of carbonyl (C=O) groups excluding carboxylic acids is 2. The van der Waals surface area contributed by atoms with Crippen molar-refractivity contribution in [1.29, 1.82) is 0 Å². The van der Waals surface area contributed by atoms with Crippen molar-refractivity contribution in [3.63, 3.8) is 0 Å². The van der Waals surface area contributed by atoms with Gasteiger partial charge >= 0.3 is 0 Å². The fraction of sp³-hybridized carbons (Fsp3) is 0.263. The van der Waals surface area contributed by atoms with Gasteiger partial charge in [0.2, 0.25) is 11.8 Å². The molecule has 3 N–H and O–H groups in total. The molecule has 1 fully saturated rings. The zero-order valence-corrected chi connectivity index (χ0v) is 14.5. The van der Waals surface area contributed by atoms with Gasteiger partial charge in [0, 0.05) is 18.2 Å². The first kappa shape index (κ1) is 17.3. The summed E-state index contributed by atoms with van der Waals surface area (Å²) in [6.07, 6.45) is 1.83. The Morgan fingerprint density at radius 3 is 2.52 bits per heavy atom. The summed E-state index contributed by atoms with van der Waals surface area (Å²) in [6.45, 7) is 0.639. The number of nitrogens with one attached hydrogen (secondary N) is 3. The lowest BCUT2D eigenvalue weighted by Crippen LogP contribution is -2.33. The van der Waals surface area contributed by atoms with Gasteiger partial charge in [-0.2, -0.15) is 0 Å². The number of carbonyl (C=O) groups is 2. The number of hydrogen-bond donors (Lipinski definition) is 3. The standard InChI is InChI=1S/C19H20ClN3O2/c20-16-10-15(23-18(24)12-22-19(25)14-6-7-14)8-9-17(16)21-11-13-4-2-1-3-5-13/h1-5,8-10,14,21H,6-7,11-12H2,(H,22,25)(H,23,24). The summed E-state index contributed by atoms with van der Waals surface area (Å²) < 4.78 is 0. The molecule has 2 aromatic carbocycles. The van der Waals surface area contributed by atoms with E-state index in [1.165, 1.54) is 0 Å². The first-order valence-electron chi connectivity index (χ1n) is 8.27. The van der Waals surface area contributed by atoms with Gasteiger partial charge in [0.1, 0.15) is 0 Å². The van der Waals surface area contributed by atoms with Gasteiger partial charge in [-0.05, 0) is 36.6 Å². The highest BCUT2D eigenvalue weighted by molar-refractivity contribution is 6.33. The Bertz CT molecular complexity index is 761. The summed E-state index contributed by atoms with van der Waals surface area (Å²) in [7, 11) is 0. The average Bonchev–Trinajstić information content (AvgIpc) is 3.45. The van der Waals surface area contributed by atoms with Crippen LogP contribution in [0.25, 0.3) is 0 Å². The highest BCUT2D eigenvalue weighted by Crippen LogP contribution is 2.28. The minimum atomic E-state index is -0.268. The van der Waals surface area contributed by atoms with E-state index in [4.69, 9.17) is 11.6 Å². The highest BCUT2D eigenvalue weighted by atomic mass is 35.5. The van der Waals surface area contributed by atoms with Crippen LogP contribution in [0.3, 0.4) is 0 Å². The molecule has 6 heteroatoms. The van der Waals surface area contributed by atoms with E-state index in [1.54, 1.807) is 12.1 Å². The molecule has 2 aromatic rings. The lowest BCUT2D eigenvalue weighted by atomic mass is 10.2. The molecular weight excluding hydrogens is 338 g/mol. The third kappa shape index (κ3) is 5.22. The van der Waals surface area contributed by atoms with E-state index in [0.29, 0.717) is 17.3 Å². The fourth-order valence-corrected chi connectivity index (χ4v) is 2.64. The average molecular weight is 358 g/mol. The van der Waals surface area contributed by atoms with Gasteiger partial charge in [0.05, 0.1) is 17.3 Å². The molecule has 5 nitrogen and oxygen atoms in total. The summed E-state index contributed by atoms with van der Waals surface area (Å²) in [5.41, 5.74) is 2.55. The zero-order chi connectivity index (χ0) is 17.6. The molecule has 1 aliphatic rings. The minimum absolute atomic E-state index is 0.0268. The normalized spacial score (nSPS) is 13.2. The highest BCUT2D eigenvalue weighted by Gasteiger charge is 2.29. The van der Waals surface area contributed by atoms with Gasteiger partial charge < -0.3 is 16.0 Å². The molecule has 0 spiro atoms. The Morgan fingerprint density at radius 1 is 1.08 bits per heavy atom. The van der Waals surface area contributed by atoms with Crippen molar-refractivity contribution >= 4 is 34.8 Å². The van der Waals surface area contributed by atoms with Crippen molar-refractivity contribution < 1.29 is 9.59 Å². The van der Waals surface area contributed by atoms with Gasteiger partial charge in [-0.15, -0.1) is 0 Å². The minimum Gasteiger partial charge on any atom is -0.380 e. The number of anilines is 2. The first-order chi connectivity index (χ1) is 12.1. The smallest absolute Gasteiger partial charge is 0.243 e. The van der Waals surface area contributed by atoms with Crippen LogP contribution in [0, 0.1) is 5.92 Å². The van der Waals surface area contributed by atoms with Crippen LogP contribution in [0.1, 0.15) is 18.4 Å². The van der Waals surface area contributed by atoms with Gasteiger partial charge in [0.25, 0.3) is 0 Å². The Kier molecular flexibility index (Phi) is 5.56. The monoisotopic (exact) mass is 357 g/mol. The quantitative estimate of drug-likeness (QED) is 0.711. The van der Waals surface area contributed by atoms with Crippen molar-refractivity contribution in [2.75, 3.05) is 17.2 Å². The van der Waals surface area contributed by atoms with Crippen LogP contribution in [-0.2, 0) is 16.1 Å². The van der Waals surface area contributed by atoms with Crippen LogP contribution < -0.4 is 16.0 Å². The summed E-state index contributed by atoms with van der Waals surface area (Å²) in [6, 6.07) is 15.3. The number of hydrogen-bond acceptors (Lipinski definition) is 3.